The molecule has 0 bridgehead atoms. The second-order valence-electron chi connectivity index (χ2n) is 23.0. The fourth-order valence-electron chi connectivity index (χ4n) is 11.0. The lowest BCUT2D eigenvalue weighted by Gasteiger charge is -2.51. The first kappa shape index (κ1) is 75.4. The van der Waals surface area contributed by atoms with Crippen molar-refractivity contribution in [1.29, 1.82) is 0 Å². The number of carbonyl (C=O) groups is 1. The molecule has 0 amide bonds. The van der Waals surface area contributed by atoms with Crippen molar-refractivity contribution in [3.63, 3.8) is 0 Å². The average molecular weight is 1470 g/mol. The van der Waals surface area contributed by atoms with Gasteiger partial charge in [-0.1, -0.05) is 166 Å². The highest BCUT2D eigenvalue weighted by Crippen LogP contribution is 2.38. The highest BCUT2D eigenvalue weighted by molar-refractivity contribution is 6.32. The molecule has 7 aromatic carbocycles. The molecule has 2 aliphatic heterocycles. The minimum atomic E-state index is -5.08. The molecule has 27 heteroatoms. The Hall–Kier alpha value is -4.77. The van der Waals surface area contributed by atoms with Gasteiger partial charge in [-0.05, 0) is 130 Å². The van der Waals surface area contributed by atoms with Gasteiger partial charge >= 0.3 is 12.1 Å². The maximum absolute atomic E-state index is 10.6. The number of alkyl halides is 3. The summed E-state index contributed by atoms with van der Waals surface area (Å²) in [5, 5.41) is 11.1. The number of hydrogen-bond acceptors (Lipinski definition) is 16. The van der Waals surface area contributed by atoms with Crippen molar-refractivity contribution < 1.29 is 75.2 Å². The normalized spacial score (nSPS) is 26.0. The van der Waals surface area contributed by atoms with E-state index >= 15 is 0 Å². The van der Waals surface area contributed by atoms with Gasteiger partial charge in [-0.25, -0.2) is 4.79 Å². The second kappa shape index (κ2) is 36.5. The third-order valence-electron chi connectivity index (χ3n) is 16.0. The second-order valence-corrected chi connectivity index (χ2v) is 26.1. The Morgan fingerprint density at radius 1 is 0.396 bits per heavy atom. The van der Waals surface area contributed by atoms with E-state index < -0.39 is 104 Å². The van der Waals surface area contributed by atoms with Crippen LogP contribution in [0.1, 0.15) is 45.4 Å². The molecule has 3 fully saturated rings. The molecular weight excluding hydrogens is 1400 g/mol. The summed E-state index contributed by atoms with van der Waals surface area (Å²) in [5.74, 6) is -2.76. The fourth-order valence-corrected chi connectivity index (χ4v) is 11.8. The summed E-state index contributed by atoms with van der Waals surface area (Å²) in [6, 6.07) is 48.9. The van der Waals surface area contributed by atoms with E-state index in [0.29, 0.717) is 35.2 Å². The first-order chi connectivity index (χ1) is 46.1. The molecule has 96 heavy (non-hydrogen) atoms. The van der Waals surface area contributed by atoms with Crippen LogP contribution in [0.25, 0.3) is 0 Å². The SMILES string of the molecule is NC[C@H]1OC(O[C@H]2[C@H](OCc3ccc(Cl)cc3)[C@@H](O[C@H]3O[C@H](COCc4ccc(Cl)cc4)[C@@H](OCc4ccc(Cl)cc4)[C@H](N)[C@H]3OCc3ccc(Cl)cc3)[C@H](N)C[C@@H]2N)[C@H](OCc2ccc(Cl)cc2)[C@@H](OCc2ccc(Cl)cc2)[C@@H]1OCc1ccc(Cl)cc1.O=C(O)C(F)(F)F. The highest BCUT2D eigenvalue weighted by atomic mass is 35.5. The van der Waals surface area contributed by atoms with E-state index in [1.807, 2.05) is 84.9 Å². The number of ether oxygens (including phenoxy) is 11. The Morgan fingerprint density at radius 2 is 0.656 bits per heavy atom. The number of nitrogens with two attached hydrogens (primary N) is 4. The van der Waals surface area contributed by atoms with Gasteiger partial charge in [-0.15, -0.1) is 0 Å². The lowest BCUT2D eigenvalue weighted by molar-refractivity contribution is -0.351. The number of carboxylic acid groups (broad SMARTS) is 1. The third kappa shape index (κ3) is 22.1. The van der Waals surface area contributed by atoms with Crippen LogP contribution in [0.3, 0.4) is 0 Å². The van der Waals surface area contributed by atoms with Crippen molar-refractivity contribution in [2.45, 2.75) is 151 Å². The summed E-state index contributed by atoms with van der Waals surface area (Å²) < 4.78 is 108. The van der Waals surface area contributed by atoms with Crippen LogP contribution >= 0.6 is 81.2 Å². The van der Waals surface area contributed by atoms with Crippen molar-refractivity contribution >= 4 is 87.2 Å². The molecule has 1 aliphatic carbocycles. The molecule has 17 nitrogen and oxygen atoms in total. The first-order valence-electron chi connectivity index (χ1n) is 30.4. The van der Waals surface area contributed by atoms with Crippen LogP contribution < -0.4 is 22.9 Å². The topological polar surface area (TPSA) is 243 Å². The predicted octanol–water partition coefficient (Wildman–Crippen LogP) is 13.5. The van der Waals surface area contributed by atoms with Crippen LogP contribution in [0.2, 0.25) is 35.2 Å². The lowest BCUT2D eigenvalue weighted by Crippen LogP contribution is -2.69. The van der Waals surface area contributed by atoms with Crippen molar-refractivity contribution in [3.05, 3.63) is 244 Å². The van der Waals surface area contributed by atoms with E-state index in [4.69, 9.17) is 166 Å². The Bertz CT molecular complexity index is 3490. The summed E-state index contributed by atoms with van der Waals surface area (Å²) in [4.78, 5) is 8.90. The Labute approximate surface area is 589 Å². The van der Waals surface area contributed by atoms with Crippen LogP contribution in [0, 0.1) is 0 Å². The molecule has 516 valence electrons. The average Bonchev–Trinajstić information content (AvgIpc) is 0.774. The van der Waals surface area contributed by atoms with Crippen LogP contribution in [0.5, 0.6) is 0 Å². The summed E-state index contributed by atoms with van der Waals surface area (Å²) in [6.45, 7) is 0.908. The minimum Gasteiger partial charge on any atom is -0.475 e. The van der Waals surface area contributed by atoms with Gasteiger partial charge < -0.3 is 80.1 Å². The van der Waals surface area contributed by atoms with Gasteiger partial charge in [0.15, 0.2) is 12.6 Å². The van der Waals surface area contributed by atoms with Crippen molar-refractivity contribution in [1.82, 2.24) is 0 Å². The van der Waals surface area contributed by atoms with Gasteiger partial charge in [0, 0.05) is 53.8 Å². The molecule has 0 spiro atoms. The van der Waals surface area contributed by atoms with E-state index in [2.05, 4.69) is 0 Å². The molecular formula is C69H72Cl7F3N4O13. The number of hydrogen-bond donors (Lipinski definition) is 5. The van der Waals surface area contributed by atoms with E-state index in [1.165, 1.54) is 0 Å². The summed E-state index contributed by atoms with van der Waals surface area (Å²) >= 11 is 44.3. The predicted molar refractivity (Wildman–Crippen MR) is 360 cm³/mol. The van der Waals surface area contributed by atoms with Gasteiger partial charge in [-0.2, -0.15) is 13.2 Å². The Balaban J connectivity index is 0.00000146. The first-order valence-corrected chi connectivity index (χ1v) is 33.1. The maximum Gasteiger partial charge on any atom is 0.490 e. The molecule has 10 rings (SSSR count). The molecule has 15 atom stereocenters. The van der Waals surface area contributed by atoms with Gasteiger partial charge in [0.2, 0.25) is 0 Å². The third-order valence-corrected chi connectivity index (χ3v) is 17.7. The van der Waals surface area contributed by atoms with Crippen molar-refractivity contribution in [3.8, 4) is 0 Å². The van der Waals surface area contributed by atoms with Crippen molar-refractivity contribution in [2.24, 2.45) is 22.9 Å². The zero-order chi connectivity index (χ0) is 68.5. The molecule has 9 N–H and O–H groups in total. The van der Waals surface area contributed by atoms with Crippen LogP contribution in [-0.4, -0.2) is 122 Å². The largest absolute Gasteiger partial charge is 0.490 e. The smallest absolute Gasteiger partial charge is 0.475 e. The number of benzene rings is 7. The van der Waals surface area contributed by atoms with Gasteiger partial charge in [0.25, 0.3) is 0 Å². The highest BCUT2D eigenvalue weighted by Gasteiger charge is 2.55. The zero-order valence-corrected chi connectivity index (χ0v) is 56.6. The van der Waals surface area contributed by atoms with Crippen LogP contribution in [0.15, 0.2) is 170 Å². The quantitative estimate of drug-likeness (QED) is 0.0321. The van der Waals surface area contributed by atoms with Crippen LogP contribution in [0.4, 0.5) is 13.2 Å². The van der Waals surface area contributed by atoms with Gasteiger partial charge in [0.05, 0.1) is 58.9 Å². The fraction of sp³-hybridized carbons (Fsp3) is 0.377. The number of halogens is 10. The van der Waals surface area contributed by atoms with Gasteiger partial charge in [0.1, 0.15) is 61.0 Å². The summed E-state index contributed by atoms with van der Waals surface area (Å²) in [5.41, 5.74) is 34.5. The summed E-state index contributed by atoms with van der Waals surface area (Å²) in [6.07, 6.45) is -16.6. The molecule has 1 unspecified atom stereocenters. The molecule has 1 saturated carbocycles. The minimum absolute atomic E-state index is 0.00858. The molecule has 0 radical (unpaired) electrons. The van der Waals surface area contributed by atoms with E-state index in [-0.39, 0.29) is 65.8 Å². The molecule has 2 heterocycles. The van der Waals surface area contributed by atoms with Gasteiger partial charge in [-0.3, -0.25) is 0 Å². The van der Waals surface area contributed by atoms with Crippen molar-refractivity contribution in [2.75, 3.05) is 13.2 Å². The Morgan fingerprint density at radius 3 is 0.979 bits per heavy atom. The molecule has 2 saturated heterocycles. The maximum atomic E-state index is 10.6. The molecule has 3 aliphatic rings. The van der Waals surface area contributed by atoms with E-state index in [9.17, 15) is 13.2 Å². The van der Waals surface area contributed by atoms with Crippen LogP contribution in [-0.2, 0) is 103 Å². The monoisotopic (exact) mass is 1470 g/mol. The molecule has 7 aromatic rings. The zero-order valence-electron chi connectivity index (χ0n) is 51.3. The lowest BCUT2D eigenvalue weighted by atomic mass is 9.84. The number of rotatable bonds is 27. The van der Waals surface area contributed by atoms with E-state index in [1.54, 1.807) is 84.9 Å². The molecule has 0 aromatic heterocycles. The van der Waals surface area contributed by atoms with E-state index in [0.717, 1.165) is 38.9 Å². The number of carboxylic acids is 1. The summed E-state index contributed by atoms with van der Waals surface area (Å²) in [7, 11) is 0. The Kier molecular flexibility index (Phi) is 28.7. The number of aliphatic carboxylic acids is 1. The standard InChI is InChI=1S/C67H71Cl7N4O11.C2HF3O2/c68-46-15-1-39(2-16-46)31-79-38-56-60(80-32-40-3-17-47(69)18-4-40)57(78)62(82-34-42-7-21-49(71)22-8-42)66(87-56)88-58-53(76)29-54(77)59(63(58)83-35-43-9-23-50(72)24-10-43)89-67-65(85-37-45-13-27-52(74)28-14-45)64(84-36-44-11-25-51(73)26-12-44)61(55(30-75)86-67)81-33-41-5-19-48(70)20-6-41;3-2(4,5)1(6)7/h1-28,53-67H,29-38,75-78H2;(H,6,7)/t53-,54+,55-,56-,57+,58+,59-,60-,61-,62-,63-,64+,65-,66-,67?;/m1./s1.